The smallest absolute Gasteiger partial charge is 0.136 e. The lowest BCUT2D eigenvalue weighted by Crippen LogP contribution is -1.96. The highest BCUT2D eigenvalue weighted by atomic mass is 14.7. The molecule has 0 radical (unpaired) electrons. The molecule has 1 heterocycles. The minimum atomic E-state index is 0.203. The third kappa shape index (κ3) is 2.21. The molecule has 3 nitrogen and oxygen atoms in total. The van der Waals surface area contributed by atoms with E-state index in [2.05, 4.69) is 16.8 Å². The van der Waals surface area contributed by atoms with Crippen LogP contribution in [-0.4, -0.2) is 4.98 Å². The van der Waals surface area contributed by atoms with Crippen molar-refractivity contribution in [2.45, 2.75) is 13.3 Å². The number of rotatable bonds is 0. The van der Waals surface area contributed by atoms with E-state index in [0.717, 1.165) is 5.56 Å². The highest BCUT2D eigenvalue weighted by Gasteiger charge is 1.98. The van der Waals surface area contributed by atoms with Crippen molar-refractivity contribution in [3.8, 4) is 17.9 Å². The molecule has 0 aliphatic rings. The average Bonchev–Trinajstić information content (AvgIpc) is 2.13. The molecular formula is C10H9N3. The lowest BCUT2D eigenvalue weighted by Gasteiger charge is -1.99. The fraction of sp³-hybridized carbons (Fsp3) is 0.200. The van der Waals surface area contributed by atoms with E-state index in [4.69, 9.17) is 11.0 Å². The summed E-state index contributed by atoms with van der Waals surface area (Å²) in [5.74, 6) is 5.41. The average molecular weight is 171 g/mol. The van der Waals surface area contributed by atoms with E-state index >= 15 is 0 Å². The number of aromatic nitrogens is 1. The van der Waals surface area contributed by atoms with Crippen molar-refractivity contribution in [2.75, 3.05) is 5.73 Å². The van der Waals surface area contributed by atoms with Crippen LogP contribution in [0.3, 0.4) is 0 Å². The second kappa shape index (κ2) is 4.13. The van der Waals surface area contributed by atoms with Crippen LogP contribution in [0, 0.1) is 30.1 Å². The first-order valence-electron chi connectivity index (χ1n) is 3.82. The summed E-state index contributed by atoms with van der Waals surface area (Å²) in [6.07, 6.45) is 1.86. The van der Waals surface area contributed by atoms with Crippen molar-refractivity contribution in [1.29, 1.82) is 5.26 Å². The predicted molar refractivity (Wildman–Crippen MR) is 50.5 cm³/mol. The van der Waals surface area contributed by atoms with E-state index in [1.165, 1.54) is 0 Å². The Labute approximate surface area is 77.2 Å². The Balaban J connectivity index is 2.99. The van der Waals surface area contributed by atoms with Crippen LogP contribution in [0.15, 0.2) is 12.3 Å². The minimum Gasteiger partial charge on any atom is -0.396 e. The molecule has 0 saturated heterocycles. The van der Waals surface area contributed by atoms with E-state index in [9.17, 15) is 0 Å². The lowest BCUT2D eigenvalue weighted by atomic mass is 10.2. The van der Waals surface area contributed by atoms with Crippen LogP contribution in [0.25, 0.3) is 0 Å². The Morgan fingerprint density at radius 3 is 3.08 bits per heavy atom. The largest absolute Gasteiger partial charge is 0.396 e. The number of anilines is 1. The Morgan fingerprint density at radius 2 is 2.38 bits per heavy atom. The van der Waals surface area contributed by atoms with Gasteiger partial charge in [-0.1, -0.05) is 5.92 Å². The fourth-order valence-corrected chi connectivity index (χ4v) is 0.837. The highest BCUT2D eigenvalue weighted by Crippen LogP contribution is 2.11. The SMILES string of the molecule is Cc1ccnc(C#CCC#N)c1N. The van der Waals surface area contributed by atoms with E-state index < -0.39 is 0 Å². The summed E-state index contributed by atoms with van der Waals surface area (Å²) in [6, 6.07) is 3.75. The van der Waals surface area contributed by atoms with Crippen molar-refractivity contribution in [2.24, 2.45) is 0 Å². The molecule has 0 aliphatic heterocycles. The molecule has 1 aromatic rings. The number of nitrogens with zero attached hydrogens (tertiary/aromatic N) is 2. The number of pyridine rings is 1. The summed E-state index contributed by atoms with van der Waals surface area (Å²) in [5.41, 5.74) is 7.81. The molecule has 64 valence electrons. The van der Waals surface area contributed by atoms with Crippen molar-refractivity contribution in [1.82, 2.24) is 4.98 Å². The molecule has 0 atom stereocenters. The van der Waals surface area contributed by atoms with Gasteiger partial charge in [0.05, 0.1) is 18.2 Å². The Bertz CT molecular complexity index is 404. The number of aryl methyl sites for hydroxylation is 1. The van der Waals surface area contributed by atoms with E-state index in [0.29, 0.717) is 11.4 Å². The van der Waals surface area contributed by atoms with Crippen LogP contribution in [0.1, 0.15) is 17.7 Å². The first-order chi connectivity index (χ1) is 6.25. The van der Waals surface area contributed by atoms with Gasteiger partial charge in [0, 0.05) is 6.20 Å². The molecule has 1 aromatic heterocycles. The van der Waals surface area contributed by atoms with E-state index in [-0.39, 0.29) is 6.42 Å². The maximum Gasteiger partial charge on any atom is 0.136 e. The van der Waals surface area contributed by atoms with E-state index in [1.54, 1.807) is 6.20 Å². The van der Waals surface area contributed by atoms with Gasteiger partial charge in [0.25, 0.3) is 0 Å². The number of hydrogen-bond donors (Lipinski definition) is 1. The summed E-state index contributed by atoms with van der Waals surface area (Å²) in [7, 11) is 0. The standard InChI is InChI=1S/C10H9N3/c1-8-5-7-13-9(10(8)12)4-2-3-6-11/h5,7H,3,12H2,1H3. The fourth-order valence-electron chi connectivity index (χ4n) is 0.837. The van der Waals surface area contributed by atoms with Crippen LogP contribution in [0.4, 0.5) is 5.69 Å². The van der Waals surface area contributed by atoms with Gasteiger partial charge in [-0.2, -0.15) is 5.26 Å². The molecule has 0 spiro atoms. The number of hydrogen-bond acceptors (Lipinski definition) is 3. The van der Waals surface area contributed by atoms with Gasteiger partial charge in [-0.05, 0) is 24.5 Å². The summed E-state index contributed by atoms with van der Waals surface area (Å²) in [6.45, 7) is 1.90. The maximum absolute atomic E-state index is 8.26. The van der Waals surface area contributed by atoms with E-state index in [1.807, 2.05) is 19.1 Å². The molecule has 0 unspecified atom stereocenters. The molecule has 0 amide bonds. The molecule has 1 rings (SSSR count). The second-order valence-corrected chi connectivity index (χ2v) is 2.53. The number of nitrogens with two attached hydrogens (primary N) is 1. The number of nitrogen functional groups attached to an aromatic ring is 1. The highest BCUT2D eigenvalue weighted by molar-refractivity contribution is 5.56. The number of nitriles is 1. The first-order valence-corrected chi connectivity index (χ1v) is 3.82. The van der Waals surface area contributed by atoms with Gasteiger partial charge in [0.2, 0.25) is 0 Å². The Kier molecular flexibility index (Phi) is 2.89. The zero-order valence-corrected chi connectivity index (χ0v) is 7.33. The van der Waals surface area contributed by atoms with Gasteiger partial charge < -0.3 is 5.73 Å². The molecule has 13 heavy (non-hydrogen) atoms. The summed E-state index contributed by atoms with van der Waals surface area (Å²) in [5, 5.41) is 8.26. The third-order valence-corrected chi connectivity index (χ3v) is 1.58. The lowest BCUT2D eigenvalue weighted by molar-refractivity contribution is 1.25. The molecule has 2 N–H and O–H groups in total. The summed E-state index contributed by atoms with van der Waals surface area (Å²) in [4.78, 5) is 4.00. The van der Waals surface area contributed by atoms with Crippen molar-refractivity contribution in [3.05, 3.63) is 23.5 Å². The monoisotopic (exact) mass is 171 g/mol. The summed E-state index contributed by atoms with van der Waals surface area (Å²) >= 11 is 0. The quantitative estimate of drug-likeness (QED) is 0.597. The molecule has 3 heteroatoms. The van der Waals surface area contributed by atoms with Crippen LogP contribution < -0.4 is 5.73 Å². The van der Waals surface area contributed by atoms with Gasteiger partial charge in [-0.25, -0.2) is 4.98 Å². The molecular weight excluding hydrogens is 162 g/mol. The predicted octanol–water partition coefficient (Wildman–Crippen LogP) is 1.24. The Morgan fingerprint density at radius 1 is 1.62 bits per heavy atom. The van der Waals surface area contributed by atoms with Gasteiger partial charge in [0.1, 0.15) is 5.69 Å². The Hall–Kier alpha value is -2.00. The first kappa shape index (κ1) is 9.09. The maximum atomic E-state index is 8.26. The van der Waals surface area contributed by atoms with Crippen LogP contribution >= 0.6 is 0 Å². The second-order valence-electron chi connectivity index (χ2n) is 2.53. The van der Waals surface area contributed by atoms with Gasteiger partial charge in [-0.3, -0.25) is 0 Å². The molecule has 0 aromatic carbocycles. The minimum absolute atomic E-state index is 0.203. The topological polar surface area (TPSA) is 62.7 Å². The molecule has 0 bridgehead atoms. The normalized spacial score (nSPS) is 8.31. The van der Waals surface area contributed by atoms with Crippen LogP contribution in [0.2, 0.25) is 0 Å². The third-order valence-electron chi connectivity index (χ3n) is 1.58. The van der Waals surface area contributed by atoms with Crippen molar-refractivity contribution >= 4 is 5.69 Å². The molecule has 0 aliphatic carbocycles. The van der Waals surface area contributed by atoms with Gasteiger partial charge in [-0.15, -0.1) is 0 Å². The van der Waals surface area contributed by atoms with Crippen molar-refractivity contribution in [3.63, 3.8) is 0 Å². The van der Waals surface area contributed by atoms with Crippen LogP contribution in [-0.2, 0) is 0 Å². The molecule has 0 saturated carbocycles. The van der Waals surface area contributed by atoms with Gasteiger partial charge in [0.15, 0.2) is 0 Å². The zero-order chi connectivity index (χ0) is 9.68. The molecule has 0 fully saturated rings. The zero-order valence-electron chi connectivity index (χ0n) is 7.33. The van der Waals surface area contributed by atoms with Gasteiger partial charge >= 0.3 is 0 Å². The van der Waals surface area contributed by atoms with Crippen molar-refractivity contribution < 1.29 is 0 Å². The van der Waals surface area contributed by atoms with Crippen LogP contribution in [0.5, 0.6) is 0 Å². The summed E-state index contributed by atoms with van der Waals surface area (Å²) < 4.78 is 0.